The minimum absolute atomic E-state index is 0. The molecule has 2 aliphatic carbocycles. The molecule has 2 aliphatic rings. The average Bonchev–Trinajstić information content (AvgIpc) is 3.01. The molecule has 22 heavy (non-hydrogen) atoms. The van der Waals surface area contributed by atoms with Gasteiger partial charge in [0.2, 0.25) is 5.91 Å². The number of amides is 1. The molecule has 0 saturated heterocycles. The van der Waals surface area contributed by atoms with E-state index in [0.717, 1.165) is 19.3 Å². The van der Waals surface area contributed by atoms with Gasteiger partial charge in [-0.1, -0.05) is 6.07 Å². The summed E-state index contributed by atoms with van der Waals surface area (Å²) in [5.41, 5.74) is 7.21. The highest BCUT2D eigenvalue weighted by Crippen LogP contribution is 2.47. The molecule has 7 heteroatoms. The lowest BCUT2D eigenvalue weighted by Gasteiger charge is -2.27. The summed E-state index contributed by atoms with van der Waals surface area (Å²) in [4.78, 5) is 22.9. The molecule has 2 fully saturated rings. The summed E-state index contributed by atoms with van der Waals surface area (Å²) in [7, 11) is 0. The van der Waals surface area contributed by atoms with E-state index < -0.39 is 4.92 Å². The molecule has 1 aromatic carbocycles. The molecule has 0 spiro atoms. The second kappa shape index (κ2) is 6.22. The van der Waals surface area contributed by atoms with Crippen LogP contribution in [0.25, 0.3) is 0 Å². The number of nitro benzene ring substituents is 1. The third-order valence-corrected chi connectivity index (χ3v) is 4.96. The summed E-state index contributed by atoms with van der Waals surface area (Å²) in [6, 6.07) is 4.67. The molecule has 4 atom stereocenters. The smallest absolute Gasteiger partial charge is 0.274 e. The number of rotatable bonds is 3. The van der Waals surface area contributed by atoms with Crippen molar-refractivity contribution in [3.63, 3.8) is 0 Å². The van der Waals surface area contributed by atoms with Crippen molar-refractivity contribution >= 4 is 29.7 Å². The third kappa shape index (κ3) is 2.80. The van der Waals surface area contributed by atoms with Crippen LogP contribution in [0.3, 0.4) is 0 Å². The predicted octanol–water partition coefficient (Wildman–Crippen LogP) is 2.64. The summed E-state index contributed by atoms with van der Waals surface area (Å²) >= 11 is 0. The molecule has 2 bridgehead atoms. The molecule has 4 unspecified atom stereocenters. The quantitative estimate of drug-likeness (QED) is 0.659. The van der Waals surface area contributed by atoms with Crippen LogP contribution in [0.4, 0.5) is 11.4 Å². The van der Waals surface area contributed by atoms with Crippen molar-refractivity contribution in [2.45, 2.75) is 32.2 Å². The van der Waals surface area contributed by atoms with E-state index in [1.807, 2.05) is 0 Å². The van der Waals surface area contributed by atoms with Crippen LogP contribution in [-0.2, 0) is 4.79 Å². The largest absolute Gasteiger partial charge is 0.327 e. The maximum absolute atomic E-state index is 12.4. The topological polar surface area (TPSA) is 98.3 Å². The zero-order chi connectivity index (χ0) is 15.1. The van der Waals surface area contributed by atoms with Gasteiger partial charge in [-0.05, 0) is 44.1 Å². The summed E-state index contributed by atoms with van der Waals surface area (Å²) in [6.45, 7) is 1.68. The Morgan fingerprint density at radius 3 is 2.64 bits per heavy atom. The highest BCUT2D eigenvalue weighted by Gasteiger charge is 2.49. The van der Waals surface area contributed by atoms with Gasteiger partial charge in [0.05, 0.1) is 10.8 Å². The van der Waals surface area contributed by atoms with E-state index in [2.05, 4.69) is 5.32 Å². The number of fused-ring (bicyclic) bond motifs is 2. The van der Waals surface area contributed by atoms with Crippen molar-refractivity contribution in [2.75, 3.05) is 5.32 Å². The van der Waals surface area contributed by atoms with Crippen LogP contribution >= 0.6 is 12.4 Å². The van der Waals surface area contributed by atoms with Gasteiger partial charge in [0.1, 0.15) is 0 Å². The van der Waals surface area contributed by atoms with Crippen molar-refractivity contribution in [3.8, 4) is 0 Å². The average molecular weight is 326 g/mol. The zero-order valence-corrected chi connectivity index (χ0v) is 13.1. The Hall–Kier alpha value is -1.66. The lowest BCUT2D eigenvalue weighted by molar-refractivity contribution is -0.385. The molecular formula is C15H20ClN3O3. The first-order valence-corrected chi connectivity index (χ1v) is 7.29. The standard InChI is InChI=1S/C15H19N3O3.ClH/c1-8-2-5-11(7-12(8)18(20)21)17-15(19)13-9-3-4-10(6-9)14(13)16;/h2,5,7,9-10,13-14H,3-4,6,16H2,1H3,(H,17,19);1H. The maximum atomic E-state index is 12.4. The lowest BCUT2D eigenvalue weighted by atomic mass is 9.84. The summed E-state index contributed by atoms with van der Waals surface area (Å²) in [5, 5.41) is 13.7. The highest BCUT2D eigenvalue weighted by atomic mass is 35.5. The molecular weight excluding hydrogens is 306 g/mol. The second-order valence-corrected chi connectivity index (χ2v) is 6.18. The van der Waals surface area contributed by atoms with E-state index in [0.29, 0.717) is 23.1 Å². The van der Waals surface area contributed by atoms with E-state index in [-0.39, 0.29) is 36.0 Å². The highest BCUT2D eigenvalue weighted by molar-refractivity contribution is 5.94. The van der Waals surface area contributed by atoms with Gasteiger partial charge in [-0.25, -0.2) is 0 Å². The third-order valence-electron chi connectivity index (χ3n) is 4.96. The maximum Gasteiger partial charge on any atom is 0.274 e. The van der Waals surface area contributed by atoms with Crippen LogP contribution in [0.5, 0.6) is 0 Å². The molecule has 0 radical (unpaired) electrons. The summed E-state index contributed by atoms with van der Waals surface area (Å²) in [5.74, 6) is 0.556. The van der Waals surface area contributed by atoms with E-state index >= 15 is 0 Å². The van der Waals surface area contributed by atoms with E-state index in [1.165, 1.54) is 6.07 Å². The van der Waals surface area contributed by atoms with Gasteiger partial charge in [-0.3, -0.25) is 14.9 Å². The van der Waals surface area contributed by atoms with Gasteiger partial charge in [0, 0.05) is 23.4 Å². The first kappa shape index (κ1) is 16.7. The number of nitrogens with zero attached hydrogens (tertiary/aromatic N) is 1. The van der Waals surface area contributed by atoms with E-state index in [9.17, 15) is 14.9 Å². The van der Waals surface area contributed by atoms with Crippen molar-refractivity contribution < 1.29 is 9.72 Å². The number of anilines is 1. The number of hydrogen-bond acceptors (Lipinski definition) is 4. The molecule has 1 amide bonds. The van der Waals surface area contributed by atoms with Gasteiger partial charge < -0.3 is 11.1 Å². The fraction of sp³-hybridized carbons (Fsp3) is 0.533. The van der Waals surface area contributed by atoms with Crippen molar-refractivity contribution in [3.05, 3.63) is 33.9 Å². The zero-order valence-electron chi connectivity index (χ0n) is 12.3. The van der Waals surface area contributed by atoms with Crippen LogP contribution in [0, 0.1) is 34.8 Å². The molecule has 3 N–H and O–H groups in total. The number of benzene rings is 1. The monoisotopic (exact) mass is 325 g/mol. The van der Waals surface area contributed by atoms with Gasteiger partial charge in [0.25, 0.3) is 5.69 Å². The van der Waals surface area contributed by atoms with E-state index in [1.54, 1.807) is 19.1 Å². The Kier molecular flexibility index (Phi) is 4.72. The SMILES string of the molecule is Cc1ccc(NC(=O)C2C3CCC(C3)C2N)cc1[N+](=O)[O-].Cl. The van der Waals surface area contributed by atoms with Crippen LogP contribution in [0.1, 0.15) is 24.8 Å². The molecule has 2 saturated carbocycles. The van der Waals surface area contributed by atoms with E-state index in [4.69, 9.17) is 5.73 Å². The van der Waals surface area contributed by atoms with Crippen LogP contribution < -0.4 is 11.1 Å². The molecule has 3 rings (SSSR count). The minimum atomic E-state index is -0.436. The van der Waals surface area contributed by atoms with Gasteiger partial charge in [-0.2, -0.15) is 0 Å². The summed E-state index contributed by atoms with van der Waals surface area (Å²) < 4.78 is 0. The normalized spacial score (nSPS) is 29.0. The number of aryl methyl sites for hydroxylation is 1. The number of carbonyl (C=O) groups excluding carboxylic acids is 1. The van der Waals surface area contributed by atoms with Crippen LogP contribution in [-0.4, -0.2) is 16.9 Å². The molecule has 0 heterocycles. The van der Waals surface area contributed by atoms with Crippen LogP contribution in [0.15, 0.2) is 18.2 Å². The van der Waals surface area contributed by atoms with Crippen molar-refractivity contribution in [1.82, 2.24) is 0 Å². The van der Waals surface area contributed by atoms with Gasteiger partial charge in [0.15, 0.2) is 0 Å². The number of nitrogens with one attached hydrogen (secondary N) is 1. The minimum Gasteiger partial charge on any atom is -0.327 e. The summed E-state index contributed by atoms with van der Waals surface area (Å²) in [6.07, 6.45) is 3.21. The first-order chi connectivity index (χ1) is 9.97. The van der Waals surface area contributed by atoms with Gasteiger partial charge in [-0.15, -0.1) is 12.4 Å². The Bertz CT molecular complexity index is 606. The Labute approximate surface area is 135 Å². The fourth-order valence-corrected chi connectivity index (χ4v) is 3.83. The molecule has 120 valence electrons. The molecule has 0 aromatic heterocycles. The molecule has 1 aromatic rings. The predicted molar refractivity (Wildman–Crippen MR) is 86.0 cm³/mol. The Morgan fingerprint density at radius 1 is 1.36 bits per heavy atom. The number of nitro groups is 1. The lowest BCUT2D eigenvalue weighted by Crippen LogP contribution is -2.42. The Balaban J connectivity index is 0.00000176. The molecule has 6 nitrogen and oxygen atoms in total. The Morgan fingerprint density at radius 2 is 2.05 bits per heavy atom. The number of hydrogen-bond donors (Lipinski definition) is 2. The second-order valence-electron chi connectivity index (χ2n) is 6.18. The van der Waals surface area contributed by atoms with Gasteiger partial charge >= 0.3 is 0 Å². The van der Waals surface area contributed by atoms with Crippen LogP contribution in [0.2, 0.25) is 0 Å². The van der Waals surface area contributed by atoms with Crippen molar-refractivity contribution in [1.29, 1.82) is 0 Å². The number of carbonyl (C=O) groups is 1. The number of nitrogens with two attached hydrogens (primary N) is 1. The molecule has 0 aliphatic heterocycles. The number of halogens is 1. The fourth-order valence-electron chi connectivity index (χ4n) is 3.83. The first-order valence-electron chi connectivity index (χ1n) is 7.29. The van der Waals surface area contributed by atoms with Crippen molar-refractivity contribution in [2.24, 2.45) is 23.5 Å².